The van der Waals surface area contributed by atoms with Crippen LogP contribution in [0.15, 0.2) is 6.07 Å². The number of rotatable bonds is 5. The quantitative estimate of drug-likeness (QED) is 0.777. The standard InChI is InChI=1S/C20H32O3/c1-12(2)9-10-23-19(22)15(5)16-11-17(20(6,7)8)18(21)14(4)13(16)3/h11-12,15,21H,9-10H2,1-8H3. The maximum absolute atomic E-state index is 12.3. The Bertz CT molecular complexity index is 565. The Morgan fingerprint density at radius 2 is 1.74 bits per heavy atom. The molecule has 1 unspecified atom stereocenters. The van der Waals surface area contributed by atoms with Gasteiger partial charge in [0, 0.05) is 0 Å². The lowest BCUT2D eigenvalue weighted by Gasteiger charge is -2.25. The molecule has 0 aliphatic heterocycles. The average molecular weight is 320 g/mol. The molecule has 1 atom stereocenters. The van der Waals surface area contributed by atoms with E-state index in [1.165, 1.54) is 0 Å². The third-order valence-corrected chi connectivity index (χ3v) is 4.47. The fraction of sp³-hybridized carbons (Fsp3) is 0.650. The third kappa shape index (κ3) is 4.73. The van der Waals surface area contributed by atoms with Gasteiger partial charge in [0.15, 0.2) is 0 Å². The summed E-state index contributed by atoms with van der Waals surface area (Å²) in [7, 11) is 0. The molecule has 0 aliphatic rings. The molecule has 23 heavy (non-hydrogen) atoms. The second kappa shape index (κ2) is 7.37. The minimum Gasteiger partial charge on any atom is -0.507 e. The van der Waals surface area contributed by atoms with Gasteiger partial charge >= 0.3 is 5.97 Å². The molecule has 0 heterocycles. The van der Waals surface area contributed by atoms with Gasteiger partial charge in [-0.25, -0.2) is 0 Å². The zero-order valence-electron chi connectivity index (χ0n) is 15.9. The number of hydrogen-bond donors (Lipinski definition) is 1. The van der Waals surface area contributed by atoms with E-state index in [9.17, 15) is 9.90 Å². The fourth-order valence-corrected chi connectivity index (χ4v) is 2.60. The van der Waals surface area contributed by atoms with Crippen molar-refractivity contribution in [1.29, 1.82) is 0 Å². The Hall–Kier alpha value is -1.51. The molecule has 0 amide bonds. The number of phenols is 1. The molecule has 0 bridgehead atoms. The van der Waals surface area contributed by atoms with Crippen molar-refractivity contribution in [2.24, 2.45) is 5.92 Å². The molecule has 130 valence electrons. The number of benzene rings is 1. The number of ether oxygens (including phenoxy) is 1. The van der Waals surface area contributed by atoms with Crippen LogP contribution >= 0.6 is 0 Å². The normalized spacial score (nSPS) is 13.3. The van der Waals surface area contributed by atoms with Gasteiger partial charge in [0.25, 0.3) is 0 Å². The second-order valence-corrected chi connectivity index (χ2v) is 7.93. The van der Waals surface area contributed by atoms with Crippen LogP contribution < -0.4 is 0 Å². The van der Waals surface area contributed by atoms with Crippen LogP contribution in [0.25, 0.3) is 0 Å². The number of carbonyl (C=O) groups excluding carboxylic acids is 1. The number of esters is 1. The van der Waals surface area contributed by atoms with Crippen molar-refractivity contribution < 1.29 is 14.6 Å². The molecule has 0 aliphatic carbocycles. The summed E-state index contributed by atoms with van der Waals surface area (Å²) in [5.41, 5.74) is 3.44. The highest BCUT2D eigenvalue weighted by atomic mass is 16.5. The Morgan fingerprint density at radius 1 is 1.17 bits per heavy atom. The van der Waals surface area contributed by atoms with Gasteiger partial charge in [-0.2, -0.15) is 0 Å². The number of phenolic OH excluding ortho intramolecular Hbond substituents is 1. The lowest BCUT2D eigenvalue weighted by molar-refractivity contribution is -0.145. The average Bonchev–Trinajstić information content (AvgIpc) is 2.42. The highest BCUT2D eigenvalue weighted by Gasteiger charge is 2.26. The van der Waals surface area contributed by atoms with E-state index in [2.05, 4.69) is 34.6 Å². The van der Waals surface area contributed by atoms with Gasteiger partial charge in [-0.1, -0.05) is 40.7 Å². The molecule has 0 fully saturated rings. The first-order chi connectivity index (χ1) is 10.5. The summed E-state index contributed by atoms with van der Waals surface area (Å²) < 4.78 is 5.42. The Morgan fingerprint density at radius 3 is 2.22 bits per heavy atom. The van der Waals surface area contributed by atoms with Crippen LogP contribution in [0, 0.1) is 19.8 Å². The Balaban J connectivity index is 3.12. The molecular formula is C20H32O3. The molecule has 0 radical (unpaired) electrons. The van der Waals surface area contributed by atoms with Crippen LogP contribution in [0.2, 0.25) is 0 Å². The number of carbonyl (C=O) groups is 1. The van der Waals surface area contributed by atoms with Crippen LogP contribution in [-0.2, 0) is 14.9 Å². The van der Waals surface area contributed by atoms with Gasteiger partial charge in [0.2, 0.25) is 0 Å². The molecule has 1 rings (SSSR count). The Labute approximate surface area is 141 Å². The van der Waals surface area contributed by atoms with E-state index in [4.69, 9.17) is 4.74 Å². The first kappa shape index (κ1) is 19.5. The van der Waals surface area contributed by atoms with E-state index in [1.54, 1.807) is 0 Å². The highest BCUT2D eigenvalue weighted by Crippen LogP contribution is 2.38. The molecular weight excluding hydrogens is 288 g/mol. The number of hydrogen-bond acceptors (Lipinski definition) is 3. The fourth-order valence-electron chi connectivity index (χ4n) is 2.60. The van der Waals surface area contributed by atoms with E-state index in [0.717, 1.165) is 28.7 Å². The van der Waals surface area contributed by atoms with Crippen LogP contribution in [0.1, 0.15) is 76.1 Å². The zero-order chi connectivity index (χ0) is 17.9. The summed E-state index contributed by atoms with van der Waals surface area (Å²) in [6.45, 7) is 16.6. The van der Waals surface area contributed by atoms with Gasteiger partial charge in [-0.15, -0.1) is 0 Å². The van der Waals surface area contributed by atoms with Crippen molar-refractivity contribution in [2.75, 3.05) is 6.61 Å². The zero-order valence-corrected chi connectivity index (χ0v) is 15.9. The molecule has 3 heteroatoms. The van der Waals surface area contributed by atoms with Crippen LogP contribution in [0.3, 0.4) is 0 Å². The van der Waals surface area contributed by atoms with Crippen molar-refractivity contribution in [3.05, 3.63) is 28.3 Å². The lowest BCUT2D eigenvalue weighted by atomic mass is 9.80. The summed E-state index contributed by atoms with van der Waals surface area (Å²) in [4.78, 5) is 12.3. The molecule has 0 spiro atoms. The summed E-state index contributed by atoms with van der Waals surface area (Å²) >= 11 is 0. The summed E-state index contributed by atoms with van der Waals surface area (Å²) in [6, 6.07) is 1.96. The van der Waals surface area contributed by atoms with E-state index in [-0.39, 0.29) is 17.3 Å². The smallest absolute Gasteiger partial charge is 0.313 e. The Kier molecular flexibility index (Phi) is 6.26. The van der Waals surface area contributed by atoms with E-state index in [1.807, 2.05) is 26.8 Å². The van der Waals surface area contributed by atoms with Crippen molar-refractivity contribution >= 4 is 5.97 Å². The summed E-state index contributed by atoms with van der Waals surface area (Å²) in [6.07, 6.45) is 0.874. The highest BCUT2D eigenvalue weighted by molar-refractivity contribution is 5.79. The minimum atomic E-state index is -0.331. The van der Waals surface area contributed by atoms with E-state index >= 15 is 0 Å². The van der Waals surface area contributed by atoms with Crippen molar-refractivity contribution in [2.45, 2.75) is 73.1 Å². The molecule has 1 aromatic carbocycles. The SMILES string of the molecule is Cc1c(C(C)C(=O)OCCC(C)C)cc(C(C)(C)C)c(O)c1C. The van der Waals surface area contributed by atoms with Gasteiger partial charge < -0.3 is 9.84 Å². The molecule has 0 aromatic heterocycles. The topological polar surface area (TPSA) is 46.5 Å². The maximum atomic E-state index is 12.3. The lowest BCUT2D eigenvalue weighted by Crippen LogP contribution is -2.18. The largest absolute Gasteiger partial charge is 0.507 e. The van der Waals surface area contributed by atoms with E-state index in [0.29, 0.717) is 18.3 Å². The van der Waals surface area contributed by atoms with Gasteiger partial charge in [-0.3, -0.25) is 4.79 Å². The minimum absolute atomic E-state index is 0.182. The molecule has 1 N–H and O–H groups in total. The number of aromatic hydroxyl groups is 1. The van der Waals surface area contributed by atoms with Gasteiger partial charge in [0.1, 0.15) is 5.75 Å². The van der Waals surface area contributed by atoms with Crippen LogP contribution in [-0.4, -0.2) is 17.7 Å². The second-order valence-electron chi connectivity index (χ2n) is 7.93. The first-order valence-corrected chi connectivity index (χ1v) is 8.47. The van der Waals surface area contributed by atoms with Crippen molar-refractivity contribution in [3.63, 3.8) is 0 Å². The predicted molar refractivity (Wildman–Crippen MR) is 95.1 cm³/mol. The van der Waals surface area contributed by atoms with E-state index < -0.39 is 0 Å². The van der Waals surface area contributed by atoms with Gasteiger partial charge in [0.05, 0.1) is 12.5 Å². The van der Waals surface area contributed by atoms with Crippen LogP contribution in [0.5, 0.6) is 5.75 Å². The summed E-state index contributed by atoms with van der Waals surface area (Å²) in [5, 5.41) is 10.4. The van der Waals surface area contributed by atoms with Crippen molar-refractivity contribution in [1.82, 2.24) is 0 Å². The summed E-state index contributed by atoms with van der Waals surface area (Å²) in [5.74, 6) is 0.323. The third-order valence-electron chi connectivity index (χ3n) is 4.47. The van der Waals surface area contributed by atoms with Gasteiger partial charge in [-0.05, 0) is 60.8 Å². The molecule has 0 saturated heterocycles. The first-order valence-electron chi connectivity index (χ1n) is 8.47. The van der Waals surface area contributed by atoms with Crippen molar-refractivity contribution in [3.8, 4) is 5.75 Å². The monoisotopic (exact) mass is 320 g/mol. The maximum Gasteiger partial charge on any atom is 0.313 e. The van der Waals surface area contributed by atoms with Crippen LogP contribution in [0.4, 0.5) is 0 Å². The molecule has 1 aromatic rings. The molecule has 3 nitrogen and oxygen atoms in total. The predicted octanol–water partition coefficient (Wildman–Crippen LogP) is 5.00. The molecule has 0 saturated carbocycles.